The minimum Gasteiger partial charge on any atom is -0.396 e. The van der Waals surface area contributed by atoms with Crippen LogP contribution in [-0.4, -0.2) is 42.0 Å². The summed E-state index contributed by atoms with van der Waals surface area (Å²) in [6.07, 6.45) is 0.715. The van der Waals surface area contributed by atoms with Crippen LogP contribution in [-0.2, 0) is 4.74 Å². The van der Waals surface area contributed by atoms with Crippen LogP contribution in [0.25, 0.3) is 0 Å². The van der Waals surface area contributed by atoms with E-state index in [1.807, 2.05) is 11.8 Å². The number of rotatable bonds is 5. The molecule has 3 N–H and O–H groups in total. The van der Waals surface area contributed by atoms with Gasteiger partial charge >= 0.3 is 0 Å². The SMILES string of the molecule is NCC1(OCCCO)CSC1. The summed E-state index contributed by atoms with van der Waals surface area (Å²) in [5.41, 5.74) is 5.49. The van der Waals surface area contributed by atoms with Crippen molar-refractivity contribution in [1.82, 2.24) is 0 Å². The number of aliphatic hydroxyl groups excluding tert-OH is 1. The number of hydrogen-bond donors (Lipinski definition) is 2. The molecule has 11 heavy (non-hydrogen) atoms. The third kappa shape index (κ3) is 2.33. The number of nitrogens with two attached hydrogens (primary N) is 1. The highest BCUT2D eigenvalue weighted by Crippen LogP contribution is 2.31. The maximum atomic E-state index is 8.51. The molecule has 0 atom stereocenters. The molecule has 0 aromatic rings. The van der Waals surface area contributed by atoms with Gasteiger partial charge in [-0.05, 0) is 6.42 Å². The Kier molecular flexibility index (Phi) is 3.65. The van der Waals surface area contributed by atoms with E-state index in [4.69, 9.17) is 15.6 Å². The summed E-state index contributed by atoms with van der Waals surface area (Å²) < 4.78 is 5.55. The first kappa shape index (κ1) is 9.32. The molecule has 0 amide bonds. The van der Waals surface area contributed by atoms with E-state index in [1.54, 1.807) is 0 Å². The molecule has 4 heteroatoms. The summed E-state index contributed by atoms with van der Waals surface area (Å²) in [5, 5.41) is 8.51. The standard InChI is InChI=1S/C7H15NO2S/c8-4-7(5-11-6-7)10-3-1-2-9/h9H,1-6,8H2. The van der Waals surface area contributed by atoms with Crippen molar-refractivity contribution in [3.05, 3.63) is 0 Å². The van der Waals surface area contributed by atoms with Gasteiger partial charge in [-0.3, -0.25) is 0 Å². The lowest BCUT2D eigenvalue weighted by Crippen LogP contribution is -2.52. The number of hydrogen-bond acceptors (Lipinski definition) is 4. The van der Waals surface area contributed by atoms with Gasteiger partial charge in [0.2, 0.25) is 0 Å². The number of aliphatic hydroxyl groups is 1. The smallest absolute Gasteiger partial charge is 0.0983 e. The van der Waals surface area contributed by atoms with Crippen LogP contribution in [0.4, 0.5) is 0 Å². The predicted octanol–water partition coefficient (Wildman–Crippen LogP) is -0.170. The first-order valence-electron chi connectivity index (χ1n) is 3.86. The highest BCUT2D eigenvalue weighted by molar-refractivity contribution is 8.00. The summed E-state index contributed by atoms with van der Waals surface area (Å²) >= 11 is 1.86. The van der Waals surface area contributed by atoms with Crippen LogP contribution in [0.3, 0.4) is 0 Å². The van der Waals surface area contributed by atoms with E-state index in [2.05, 4.69) is 0 Å². The van der Waals surface area contributed by atoms with Crippen molar-refractivity contribution in [2.75, 3.05) is 31.3 Å². The summed E-state index contributed by atoms with van der Waals surface area (Å²) in [7, 11) is 0. The normalized spacial score (nSPS) is 21.3. The van der Waals surface area contributed by atoms with Crippen molar-refractivity contribution < 1.29 is 9.84 Å². The van der Waals surface area contributed by atoms with Crippen LogP contribution in [0.15, 0.2) is 0 Å². The minimum absolute atomic E-state index is 0.0557. The Labute approximate surface area is 71.3 Å². The lowest BCUT2D eigenvalue weighted by molar-refractivity contribution is -0.0167. The molecule has 0 aliphatic carbocycles. The molecule has 0 spiro atoms. The second kappa shape index (κ2) is 4.30. The fourth-order valence-electron chi connectivity index (χ4n) is 0.943. The van der Waals surface area contributed by atoms with Crippen LogP contribution in [0, 0.1) is 0 Å². The molecule has 1 aliphatic rings. The molecule has 3 nitrogen and oxygen atoms in total. The van der Waals surface area contributed by atoms with E-state index < -0.39 is 0 Å². The van der Waals surface area contributed by atoms with Crippen LogP contribution < -0.4 is 5.73 Å². The molecule has 0 aromatic carbocycles. The molecule has 1 rings (SSSR count). The first-order valence-corrected chi connectivity index (χ1v) is 5.01. The van der Waals surface area contributed by atoms with Gasteiger partial charge in [-0.25, -0.2) is 0 Å². The van der Waals surface area contributed by atoms with Gasteiger partial charge < -0.3 is 15.6 Å². The molecule has 0 unspecified atom stereocenters. The minimum atomic E-state index is -0.0557. The molecule has 0 aromatic heterocycles. The van der Waals surface area contributed by atoms with Crippen molar-refractivity contribution in [2.24, 2.45) is 5.73 Å². The summed E-state index contributed by atoms with van der Waals surface area (Å²) in [6, 6.07) is 0. The van der Waals surface area contributed by atoms with Gasteiger partial charge in [-0.1, -0.05) is 0 Å². The fraction of sp³-hybridized carbons (Fsp3) is 1.00. The van der Waals surface area contributed by atoms with E-state index >= 15 is 0 Å². The highest BCUT2D eigenvalue weighted by Gasteiger charge is 2.37. The number of thioether (sulfide) groups is 1. The quantitative estimate of drug-likeness (QED) is 0.572. The van der Waals surface area contributed by atoms with Gasteiger partial charge in [-0.2, -0.15) is 11.8 Å². The average molecular weight is 177 g/mol. The second-order valence-electron chi connectivity index (χ2n) is 2.81. The maximum absolute atomic E-state index is 8.51. The predicted molar refractivity (Wildman–Crippen MR) is 46.8 cm³/mol. The zero-order chi connectivity index (χ0) is 8.16. The van der Waals surface area contributed by atoms with Gasteiger partial charge in [0.25, 0.3) is 0 Å². The molecule has 1 aliphatic heterocycles. The van der Waals surface area contributed by atoms with E-state index in [0.717, 1.165) is 11.5 Å². The third-order valence-electron chi connectivity index (χ3n) is 1.81. The molecular formula is C7H15NO2S. The molecule has 1 fully saturated rings. The zero-order valence-corrected chi connectivity index (χ0v) is 7.40. The van der Waals surface area contributed by atoms with Crippen LogP contribution >= 0.6 is 11.8 Å². The Morgan fingerprint density at radius 2 is 2.27 bits per heavy atom. The van der Waals surface area contributed by atoms with Gasteiger partial charge in [-0.15, -0.1) is 0 Å². The van der Waals surface area contributed by atoms with Gasteiger partial charge in [0, 0.05) is 31.3 Å². The average Bonchev–Trinajstić information content (AvgIpc) is 1.95. The Hall–Kier alpha value is 0.230. The van der Waals surface area contributed by atoms with Gasteiger partial charge in [0.1, 0.15) is 0 Å². The van der Waals surface area contributed by atoms with E-state index in [0.29, 0.717) is 19.6 Å². The Bertz CT molecular complexity index is 111. The number of ether oxygens (including phenoxy) is 1. The van der Waals surface area contributed by atoms with Gasteiger partial charge in [0.05, 0.1) is 5.60 Å². The monoisotopic (exact) mass is 177 g/mol. The van der Waals surface area contributed by atoms with Crippen molar-refractivity contribution in [3.8, 4) is 0 Å². The van der Waals surface area contributed by atoms with Crippen LogP contribution in [0.2, 0.25) is 0 Å². The van der Waals surface area contributed by atoms with Crippen molar-refractivity contribution >= 4 is 11.8 Å². The molecule has 0 saturated carbocycles. The molecule has 1 saturated heterocycles. The van der Waals surface area contributed by atoms with Crippen LogP contribution in [0.1, 0.15) is 6.42 Å². The maximum Gasteiger partial charge on any atom is 0.0983 e. The summed E-state index contributed by atoms with van der Waals surface area (Å²) in [5.74, 6) is 2.02. The lowest BCUT2D eigenvalue weighted by Gasteiger charge is -2.39. The van der Waals surface area contributed by atoms with Crippen molar-refractivity contribution in [3.63, 3.8) is 0 Å². The Morgan fingerprint density at radius 1 is 1.55 bits per heavy atom. The summed E-state index contributed by atoms with van der Waals surface area (Å²) in [4.78, 5) is 0. The van der Waals surface area contributed by atoms with Crippen molar-refractivity contribution in [2.45, 2.75) is 12.0 Å². The largest absolute Gasteiger partial charge is 0.396 e. The van der Waals surface area contributed by atoms with E-state index in [9.17, 15) is 0 Å². The zero-order valence-electron chi connectivity index (χ0n) is 6.58. The fourth-order valence-corrected chi connectivity index (χ4v) is 2.00. The molecule has 66 valence electrons. The lowest BCUT2D eigenvalue weighted by atomic mass is 10.1. The van der Waals surface area contributed by atoms with E-state index in [1.165, 1.54) is 0 Å². The second-order valence-corrected chi connectivity index (χ2v) is 3.79. The summed E-state index contributed by atoms with van der Waals surface area (Å²) in [6.45, 7) is 1.44. The molecule has 0 bridgehead atoms. The molecular weight excluding hydrogens is 162 g/mol. The first-order chi connectivity index (χ1) is 5.33. The van der Waals surface area contributed by atoms with Crippen LogP contribution in [0.5, 0.6) is 0 Å². The van der Waals surface area contributed by atoms with E-state index in [-0.39, 0.29) is 12.2 Å². The third-order valence-corrected chi connectivity index (χ3v) is 3.27. The topological polar surface area (TPSA) is 55.5 Å². The van der Waals surface area contributed by atoms with Gasteiger partial charge in [0.15, 0.2) is 0 Å². The Balaban J connectivity index is 2.11. The Morgan fingerprint density at radius 3 is 2.64 bits per heavy atom. The molecule has 1 heterocycles. The molecule has 0 radical (unpaired) electrons. The van der Waals surface area contributed by atoms with Crippen molar-refractivity contribution in [1.29, 1.82) is 0 Å². The highest BCUT2D eigenvalue weighted by atomic mass is 32.2.